The predicted molar refractivity (Wildman–Crippen MR) is 111 cm³/mol. The average Bonchev–Trinajstić information content (AvgIpc) is 3.36. The number of nitrogens with one attached hydrogen (secondary N) is 1. The van der Waals surface area contributed by atoms with Crippen molar-refractivity contribution >= 4 is 22.8 Å². The summed E-state index contributed by atoms with van der Waals surface area (Å²) in [5.74, 6) is 0.458. The third-order valence-electron chi connectivity index (χ3n) is 4.50. The molecule has 1 N–H and O–H groups in total. The van der Waals surface area contributed by atoms with Crippen molar-refractivity contribution in [2.75, 3.05) is 34.0 Å². The summed E-state index contributed by atoms with van der Waals surface area (Å²) in [6.07, 6.45) is 3.70. The number of hydrogen-bond acceptors (Lipinski definition) is 7. The van der Waals surface area contributed by atoms with E-state index < -0.39 is 10.9 Å². The average molecular weight is 434 g/mol. The minimum atomic E-state index is -2.89. The molecule has 1 aromatic carbocycles. The maximum absolute atomic E-state index is 12.3. The number of aromatic nitrogens is 1. The van der Waals surface area contributed by atoms with Crippen LogP contribution in [-0.4, -0.2) is 68.2 Å². The molecule has 1 aromatic heterocycles. The van der Waals surface area contributed by atoms with Gasteiger partial charge in [0, 0.05) is 31.8 Å². The normalized spacial score (nSPS) is 17.9. The summed E-state index contributed by atoms with van der Waals surface area (Å²) in [6.45, 7) is 0.688. The number of carbonyl (C=O) groups excluding carboxylic acids is 1. The van der Waals surface area contributed by atoms with E-state index in [2.05, 4.69) is 15.5 Å². The van der Waals surface area contributed by atoms with E-state index in [0.29, 0.717) is 18.1 Å². The van der Waals surface area contributed by atoms with E-state index in [4.69, 9.17) is 9.26 Å². The highest BCUT2D eigenvalue weighted by Crippen LogP contribution is 2.20. The molecule has 0 aliphatic carbocycles. The first-order valence-corrected chi connectivity index (χ1v) is 10.4. The Morgan fingerprint density at radius 1 is 1.30 bits per heavy atom. The Labute approximate surface area is 176 Å². The van der Waals surface area contributed by atoms with Crippen LogP contribution in [0.5, 0.6) is 0 Å². The molecule has 0 radical (unpaired) electrons. The smallest absolute Gasteiger partial charge is 0.325 e. The molecular formula is C19H24N5O5S+. The van der Waals surface area contributed by atoms with Crippen molar-refractivity contribution in [3.63, 3.8) is 0 Å². The minimum absolute atomic E-state index is 0.118. The zero-order chi connectivity index (χ0) is 21.6. The molecule has 1 atom stereocenters. The van der Waals surface area contributed by atoms with Gasteiger partial charge in [0.05, 0.1) is 13.2 Å². The Bertz CT molecular complexity index is 1010. The third-order valence-corrected chi connectivity index (χ3v) is 5.27. The van der Waals surface area contributed by atoms with Crippen LogP contribution >= 0.6 is 0 Å². The highest BCUT2D eigenvalue weighted by atomic mass is 32.2. The van der Waals surface area contributed by atoms with Crippen LogP contribution in [0, 0.1) is 0 Å². The molecule has 1 amide bonds. The number of quaternary nitrogens is 1. The molecule has 11 heteroatoms. The van der Waals surface area contributed by atoms with Crippen molar-refractivity contribution < 1.29 is 27.0 Å². The first-order chi connectivity index (χ1) is 14.4. The number of nitrogens with zero attached hydrogens (tertiary/aromatic N) is 4. The van der Waals surface area contributed by atoms with E-state index in [-0.39, 0.29) is 35.9 Å². The highest BCUT2D eigenvalue weighted by Gasteiger charge is 2.36. The van der Waals surface area contributed by atoms with Crippen molar-refractivity contribution in [1.82, 2.24) is 14.8 Å². The maximum atomic E-state index is 12.3. The Morgan fingerprint density at radius 3 is 2.77 bits per heavy atom. The summed E-state index contributed by atoms with van der Waals surface area (Å²) < 4.78 is 35.2. The molecule has 2 aromatic rings. The second-order valence-corrected chi connectivity index (χ2v) is 7.78. The summed E-state index contributed by atoms with van der Waals surface area (Å²) in [4.78, 5) is 16.5. The molecule has 0 bridgehead atoms. The monoisotopic (exact) mass is 434 g/mol. The molecular weight excluding hydrogens is 410 g/mol. The summed E-state index contributed by atoms with van der Waals surface area (Å²) in [6, 6.07) is 10.9. The fourth-order valence-electron chi connectivity index (χ4n) is 3.04. The molecule has 1 unspecified atom stereocenters. The van der Waals surface area contributed by atoms with Gasteiger partial charge in [-0.25, -0.2) is 17.2 Å². The molecule has 0 saturated heterocycles. The van der Waals surface area contributed by atoms with Gasteiger partial charge in [0.1, 0.15) is 6.20 Å². The highest BCUT2D eigenvalue weighted by molar-refractivity contribution is 7.70. The molecule has 2 heterocycles. The lowest BCUT2D eigenvalue weighted by molar-refractivity contribution is -0.792. The number of carbonyl (C=O) groups is 1. The fourth-order valence-corrected chi connectivity index (χ4v) is 3.75. The molecule has 0 spiro atoms. The predicted octanol–water partition coefficient (Wildman–Crippen LogP) is 1.18. The lowest BCUT2D eigenvalue weighted by atomic mass is 10.1. The summed E-state index contributed by atoms with van der Waals surface area (Å²) in [7, 11) is 0.448. The van der Waals surface area contributed by atoms with Gasteiger partial charge in [0.15, 0.2) is 18.2 Å². The van der Waals surface area contributed by atoms with Gasteiger partial charge in [-0.3, -0.25) is 4.79 Å². The zero-order valence-electron chi connectivity index (χ0n) is 16.7. The van der Waals surface area contributed by atoms with E-state index in [1.54, 1.807) is 25.5 Å². The number of aliphatic imine (C=N–C) groups is 1. The van der Waals surface area contributed by atoms with Crippen LogP contribution in [0.2, 0.25) is 0 Å². The van der Waals surface area contributed by atoms with Gasteiger partial charge in [-0.15, -0.1) is 0 Å². The number of thiol groups is 1. The SMILES string of the molecule is COC[N+]1(C)C=CN=C1N(CCCNC(=O)c1cc(-c2ccccc2)on1)[SH](=O)=O. The van der Waals surface area contributed by atoms with Crippen molar-refractivity contribution in [3.05, 3.63) is 54.5 Å². The zero-order valence-corrected chi connectivity index (χ0v) is 17.6. The summed E-state index contributed by atoms with van der Waals surface area (Å²) in [5, 5.41) is 6.52. The number of benzene rings is 1. The Kier molecular flexibility index (Phi) is 6.98. The van der Waals surface area contributed by atoms with E-state index >= 15 is 0 Å². The number of hydrogen-bond donors (Lipinski definition) is 2. The topological polar surface area (TPSA) is 114 Å². The van der Waals surface area contributed by atoms with Crippen LogP contribution in [0.25, 0.3) is 11.3 Å². The van der Waals surface area contributed by atoms with E-state index in [1.165, 1.54) is 11.4 Å². The second-order valence-electron chi connectivity index (χ2n) is 6.83. The van der Waals surface area contributed by atoms with Crippen LogP contribution in [0.1, 0.15) is 16.9 Å². The lowest BCUT2D eigenvalue weighted by Gasteiger charge is -2.30. The standard InChI is InChI=1S/C19H23N5O5S/c1-24(14-28-2)12-10-21-19(24)23(30(26)27)11-6-9-20-18(25)16-13-17(29-22-16)15-7-4-3-5-8-15/h3-5,7-8,10,12-13,30H,6,9,11,14H2,1-2H3/p+1. The van der Waals surface area contributed by atoms with Crippen LogP contribution in [0.3, 0.4) is 0 Å². The van der Waals surface area contributed by atoms with Gasteiger partial charge in [-0.05, 0) is 6.42 Å². The summed E-state index contributed by atoms with van der Waals surface area (Å²) >= 11 is 0. The number of guanidine groups is 1. The maximum Gasteiger partial charge on any atom is 0.325 e. The van der Waals surface area contributed by atoms with Crippen molar-refractivity contribution in [1.29, 1.82) is 0 Å². The first-order valence-electron chi connectivity index (χ1n) is 9.27. The number of ether oxygens (including phenoxy) is 1. The number of methoxy groups -OCH3 is 1. The van der Waals surface area contributed by atoms with Crippen molar-refractivity contribution in [3.8, 4) is 11.3 Å². The van der Waals surface area contributed by atoms with Crippen LogP contribution in [0.4, 0.5) is 0 Å². The molecule has 3 rings (SSSR count). The Morgan fingerprint density at radius 2 is 2.07 bits per heavy atom. The molecule has 160 valence electrons. The van der Waals surface area contributed by atoms with Gasteiger partial charge < -0.3 is 14.6 Å². The van der Waals surface area contributed by atoms with Gasteiger partial charge >= 0.3 is 5.96 Å². The number of amides is 1. The molecule has 1 aliphatic rings. The van der Waals surface area contributed by atoms with Crippen molar-refractivity contribution in [2.24, 2.45) is 4.99 Å². The van der Waals surface area contributed by atoms with Crippen LogP contribution in [0.15, 0.2) is 58.3 Å². The largest absolute Gasteiger partial charge is 0.355 e. The van der Waals surface area contributed by atoms with Crippen LogP contribution < -0.4 is 5.32 Å². The van der Waals surface area contributed by atoms with E-state index in [0.717, 1.165) is 5.56 Å². The lowest BCUT2D eigenvalue weighted by Crippen LogP contribution is -2.52. The van der Waals surface area contributed by atoms with Gasteiger partial charge in [-0.1, -0.05) is 35.5 Å². The molecule has 30 heavy (non-hydrogen) atoms. The molecule has 1 aliphatic heterocycles. The third kappa shape index (κ3) is 4.93. The van der Waals surface area contributed by atoms with Gasteiger partial charge in [0.2, 0.25) is 10.9 Å². The first kappa shape index (κ1) is 21.7. The number of rotatable bonds is 9. The Hall–Kier alpha value is -3.02. The molecule has 0 fully saturated rings. The minimum Gasteiger partial charge on any atom is -0.355 e. The van der Waals surface area contributed by atoms with E-state index in [1.807, 2.05) is 30.3 Å². The molecule has 10 nitrogen and oxygen atoms in total. The summed E-state index contributed by atoms with van der Waals surface area (Å²) in [5.41, 5.74) is 0.983. The molecule has 0 saturated carbocycles. The van der Waals surface area contributed by atoms with Crippen molar-refractivity contribution in [2.45, 2.75) is 6.42 Å². The Balaban J connectivity index is 1.53. The fraction of sp³-hybridized carbons (Fsp3) is 0.316. The van der Waals surface area contributed by atoms with E-state index in [9.17, 15) is 13.2 Å². The van der Waals surface area contributed by atoms with Crippen LogP contribution in [-0.2, 0) is 15.6 Å². The van der Waals surface area contributed by atoms with Gasteiger partial charge in [-0.2, -0.15) is 4.99 Å². The second kappa shape index (κ2) is 9.65. The quantitative estimate of drug-likeness (QED) is 0.348. The van der Waals surface area contributed by atoms with Gasteiger partial charge in [0.25, 0.3) is 5.91 Å².